The zero-order valence-corrected chi connectivity index (χ0v) is 16.6. The largest absolute Gasteiger partial charge is 0.492 e. The summed E-state index contributed by atoms with van der Waals surface area (Å²) in [5, 5.41) is 2.86. The first-order valence-corrected chi connectivity index (χ1v) is 8.82. The highest BCUT2D eigenvalue weighted by Gasteiger charge is 2.14. The van der Waals surface area contributed by atoms with Crippen molar-refractivity contribution in [2.45, 2.75) is 13.8 Å². The van der Waals surface area contributed by atoms with Gasteiger partial charge in [0.25, 0.3) is 5.91 Å². The minimum atomic E-state index is -0.250. The summed E-state index contributed by atoms with van der Waals surface area (Å²) in [4.78, 5) is 27.6. The van der Waals surface area contributed by atoms with Gasteiger partial charge in [0, 0.05) is 32.4 Å². The minimum absolute atomic E-state index is 0.106. The third kappa shape index (κ3) is 5.74. The fraction of sp³-hybridized carbons (Fsp3) is 0.333. The van der Waals surface area contributed by atoms with Crippen molar-refractivity contribution in [3.8, 4) is 5.75 Å². The third-order valence-electron chi connectivity index (χ3n) is 4.20. The third-order valence-corrected chi connectivity index (χ3v) is 4.20. The number of nitrogens with zero attached hydrogens (tertiary/aromatic N) is 2. The average Bonchev–Trinajstić information content (AvgIpc) is 2.64. The molecule has 0 bridgehead atoms. The number of nitrogens with one attached hydrogen (secondary N) is 1. The summed E-state index contributed by atoms with van der Waals surface area (Å²) in [5.74, 6) is 0.672. The Morgan fingerprint density at radius 1 is 1.00 bits per heavy atom. The van der Waals surface area contributed by atoms with Gasteiger partial charge in [0.1, 0.15) is 12.4 Å². The maximum absolute atomic E-state index is 12.4. The number of urea groups is 1. The molecule has 0 aliphatic rings. The van der Waals surface area contributed by atoms with Crippen LogP contribution in [-0.4, -0.2) is 56.0 Å². The minimum Gasteiger partial charge on any atom is -0.492 e. The predicted octanol–water partition coefficient (Wildman–Crippen LogP) is 3.55. The van der Waals surface area contributed by atoms with Crippen LogP contribution < -0.4 is 10.1 Å². The van der Waals surface area contributed by atoms with Crippen LogP contribution in [0.1, 0.15) is 21.5 Å². The van der Waals surface area contributed by atoms with Crippen molar-refractivity contribution in [3.05, 3.63) is 59.2 Å². The molecule has 0 aliphatic carbocycles. The van der Waals surface area contributed by atoms with Gasteiger partial charge >= 0.3 is 6.03 Å². The first-order valence-electron chi connectivity index (χ1n) is 8.82. The molecule has 6 nitrogen and oxygen atoms in total. The molecule has 0 saturated heterocycles. The van der Waals surface area contributed by atoms with Crippen LogP contribution >= 0.6 is 0 Å². The van der Waals surface area contributed by atoms with Crippen molar-refractivity contribution < 1.29 is 14.3 Å². The van der Waals surface area contributed by atoms with Crippen molar-refractivity contribution in [2.24, 2.45) is 0 Å². The van der Waals surface area contributed by atoms with Crippen LogP contribution in [0.15, 0.2) is 42.5 Å². The normalized spacial score (nSPS) is 10.3. The van der Waals surface area contributed by atoms with Crippen LogP contribution in [0.3, 0.4) is 0 Å². The number of hydrogen-bond acceptors (Lipinski definition) is 3. The van der Waals surface area contributed by atoms with E-state index in [1.165, 1.54) is 10.5 Å². The number of anilines is 1. The molecule has 0 spiro atoms. The van der Waals surface area contributed by atoms with Crippen molar-refractivity contribution in [1.82, 2.24) is 9.80 Å². The Balaban J connectivity index is 1.92. The SMILES string of the molecule is Cc1ccc(OCCN(C)C(=O)Nc2cc(C(=O)N(C)C)ccc2C)cc1. The van der Waals surface area contributed by atoms with Crippen LogP contribution in [-0.2, 0) is 0 Å². The van der Waals surface area contributed by atoms with Crippen molar-refractivity contribution >= 4 is 17.6 Å². The lowest BCUT2D eigenvalue weighted by atomic mass is 10.1. The van der Waals surface area contributed by atoms with Gasteiger partial charge in [-0.25, -0.2) is 4.79 Å². The Hall–Kier alpha value is -3.02. The van der Waals surface area contributed by atoms with E-state index >= 15 is 0 Å². The Labute approximate surface area is 160 Å². The van der Waals surface area contributed by atoms with E-state index in [1.807, 2.05) is 44.2 Å². The molecule has 27 heavy (non-hydrogen) atoms. The zero-order valence-electron chi connectivity index (χ0n) is 16.6. The van der Waals surface area contributed by atoms with Gasteiger partial charge in [-0.05, 0) is 43.7 Å². The van der Waals surface area contributed by atoms with Gasteiger partial charge in [-0.15, -0.1) is 0 Å². The molecule has 6 heteroatoms. The predicted molar refractivity (Wildman–Crippen MR) is 108 cm³/mol. The summed E-state index contributed by atoms with van der Waals surface area (Å²) >= 11 is 0. The summed E-state index contributed by atoms with van der Waals surface area (Å²) in [6.45, 7) is 4.74. The van der Waals surface area contributed by atoms with Gasteiger partial charge in [0.15, 0.2) is 0 Å². The number of ether oxygens (including phenoxy) is 1. The van der Waals surface area contributed by atoms with Gasteiger partial charge in [0.05, 0.1) is 6.54 Å². The van der Waals surface area contributed by atoms with Crippen LogP contribution in [0.4, 0.5) is 10.5 Å². The van der Waals surface area contributed by atoms with E-state index in [4.69, 9.17) is 4.74 Å². The lowest BCUT2D eigenvalue weighted by molar-refractivity contribution is 0.0827. The van der Waals surface area contributed by atoms with E-state index < -0.39 is 0 Å². The molecule has 0 saturated carbocycles. The van der Waals surface area contributed by atoms with Crippen LogP contribution in [0.5, 0.6) is 5.75 Å². The van der Waals surface area contributed by atoms with Gasteiger partial charge in [-0.2, -0.15) is 0 Å². The number of benzene rings is 2. The van der Waals surface area contributed by atoms with Crippen LogP contribution in [0, 0.1) is 13.8 Å². The Morgan fingerprint density at radius 3 is 2.30 bits per heavy atom. The Morgan fingerprint density at radius 2 is 1.67 bits per heavy atom. The molecular formula is C21H27N3O3. The lowest BCUT2D eigenvalue weighted by Crippen LogP contribution is -2.34. The number of amides is 3. The highest BCUT2D eigenvalue weighted by atomic mass is 16.5. The molecule has 0 unspecified atom stereocenters. The quantitative estimate of drug-likeness (QED) is 0.847. The first-order chi connectivity index (χ1) is 12.8. The summed E-state index contributed by atoms with van der Waals surface area (Å²) in [6, 6.07) is 12.8. The second-order valence-corrected chi connectivity index (χ2v) is 6.74. The number of hydrogen-bond donors (Lipinski definition) is 1. The summed E-state index contributed by atoms with van der Waals surface area (Å²) in [6.07, 6.45) is 0. The fourth-order valence-corrected chi connectivity index (χ4v) is 2.40. The highest BCUT2D eigenvalue weighted by Crippen LogP contribution is 2.18. The molecule has 0 aromatic heterocycles. The second kappa shape index (κ2) is 9.07. The molecule has 0 heterocycles. The molecular weight excluding hydrogens is 342 g/mol. The van der Waals surface area contributed by atoms with Crippen LogP contribution in [0.2, 0.25) is 0 Å². The molecule has 2 aromatic carbocycles. The van der Waals surface area contributed by atoms with Crippen molar-refractivity contribution in [1.29, 1.82) is 0 Å². The van der Waals surface area contributed by atoms with Gasteiger partial charge in [0.2, 0.25) is 0 Å². The number of rotatable bonds is 6. The van der Waals surface area contributed by atoms with Crippen LogP contribution in [0.25, 0.3) is 0 Å². The van der Waals surface area contributed by atoms with E-state index in [0.29, 0.717) is 24.4 Å². The topological polar surface area (TPSA) is 61.9 Å². The Kier molecular flexibility index (Phi) is 6.82. The van der Waals surface area contributed by atoms with Gasteiger partial charge in [-0.1, -0.05) is 23.8 Å². The summed E-state index contributed by atoms with van der Waals surface area (Å²) < 4.78 is 5.66. The first kappa shape index (κ1) is 20.3. The standard InChI is InChI=1S/C21H27N3O3/c1-15-6-10-18(11-7-15)27-13-12-24(5)21(26)22-19-14-17(9-8-16(19)2)20(25)23(3)4/h6-11,14H,12-13H2,1-5H3,(H,22,26). The molecule has 3 amide bonds. The van der Waals surface area contributed by atoms with E-state index in [0.717, 1.165) is 11.3 Å². The molecule has 0 radical (unpaired) electrons. The van der Waals surface area contributed by atoms with E-state index in [9.17, 15) is 9.59 Å². The van der Waals surface area contributed by atoms with Gasteiger partial charge < -0.3 is 19.9 Å². The molecule has 1 N–H and O–H groups in total. The average molecular weight is 369 g/mol. The van der Waals surface area contributed by atoms with Crippen molar-refractivity contribution in [3.63, 3.8) is 0 Å². The molecule has 144 valence electrons. The smallest absolute Gasteiger partial charge is 0.321 e. The maximum atomic E-state index is 12.4. The monoisotopic (exact) mass is 369 g/mol. The fourth-order valence-electron chi connectivity index (χ4n) is 2.40. The number of carbonyl (C=O) groups excluding carboxylic acids is 2. The zero-order chi connectivity index (χ0) is 20.0. The molecule has 2 rings (SSSR count). The Bertz CT molecular complexity index is 801. The number of aryl methyl sites for hydroxylation is 2. The molecule has 0 aliphatic heterocycles. The highest BCUT2D eigenvalue weighted by molar-refractivity contribution is 5.97. The lowest BCUT2D eigenvalue weighted by Gasteiger charge is -2.20. The number of likely N-dealkylation sites (N-methyl/N-ethyl adjacent to an activating group) is 1. The van der Waals surface area contributed by atoms with E-state index in [1.54, 1.807) is 38.2 Å². The van der Waals surface area contributed by atoms with E-state index in [2.05, 4.69) is 5.32 Å². The maximum Gasteiger partial charge on any atom is 0.321 e. The van der Waals surface area contributed by atoms with Gasteiger partial charge in [-0.3, -0.25) is 4.79 Å². The second-order valence-electron chi connectivity index (χ2n) is 6.74. The molecule has 2 aromatic rings. The van der Waals surface area contributed by atoms with Crippen molar-refractivity contribution in [2.75, 3.05) is 39.6 Å². The number of carbonyl (C=O) groups is 2. The summed E-state index contributed by atoms with van der Waals surface area (Å²) in [5.41, 5.74) is 3.22. The molecule has 0 fully saturated rings. The summed E-state index contributed by atoms with van der Waals surface area (Å²) in [7, 11) is 5.10. The molecule has 0 atom stereocenters. The van der Waals surface area contributed by atoms with E-state index in [-0.39, 0.29) is 11.9 Å².